The molecule has 104 valence electrons. The maximum atomic E-state index is 13.8. The van der Waals surface area contributed by atoms with Gasteiger partial charge >= 0.3 is 0 Å². The van der Waals surface area contributed by atoms with Gasteiger partial charge in [0.15, 0.2) is 0 Å². The fourth-order valence-electron chi connectivity index (χ4n) is 1.65. The number of benzene rings is 1. The number of carbonyl (C=O) groups is 1. The first-order valence-electron chi connectivity index (χ1n) is 5.69. The summed E-state index contributed by atoms with van der Waals surface area (Å²) < 4.78 is 40.0. The van der Waals surface area contributed by atoms with Crippen LogP contribution in [0.2, 0.25) is 0 Å². The second kappa shape index (κ2) is 5.24. The minimum Gasteiger partial charge on any atom is -0.326 e. The van der Waals surface area contributed by atoms with Crippen LogP contribution in [0.25, 0.3) is 0 Å². The Bertz CT molecular complexity index is 599. The van der Waals surface area contributed by atoms with Gasteiger partial charge in [-0.15, -0.1) is 0 Å². The van der Waals surface area contributed by atoms with Crippen molar-refractivity contribution >= 4 is 21.6 Å². The molecule has 0 spiro atoms. The van der Waals surface area contributed by atoms with E-state index in [1.165, 1.54) is 13.0 Å². The van der Waals surface area contributed by atoms with Crippen molar-refractivity contribution in [3.05, 3.63) is 24.0 Å². The van der Waals surface area contributed by atoms with Crippen molar-refractivity contribution in [3.63, 3.8) is 0 Å². The summed E-state index contributed by atoms with van der Waals surface area (Å²) in [6.45, 7) is 2.35. The molecular weight excluding hydrogens is 273 g/mol. The number of halogens is 1. The van der Waals surface area contributed by atoms with Gasteiger partial charge in [0, 0.05) is 31.7 Å². The smallest absolute Gasteiger partial charge is 0.243 e. The summed E-state index contributed by atoms with van der Waals surface area (Å²) in [5, 5.41) is 5.30. The Morgan fingerprint density at radius 1 is 1.42 bits per heavy atom. The van der Waals surface area contributed by atoms with Gasteiger partial charge in [-0.25, -0.2) is 17.5 Å². The number of sulfonamides is 1. The van der Waals surface area contributed by atoms with Gasteiger partial charge in [0.25, 0.3) is 0 Å². The summed E-state index contributed by atoms with van der Waals surface area (Å²) in [5.41, 5.74) is 0.217. The first-order valence-corrected chi connectivity index (χ1v) is 7.17. The molecule has 1 fully saturated rings. The molecule has 1 saturated heterocycles. The monoisotopic (exact) mass is 287 g/mol. The molecule has 3 N–H and O–H groups in total. The van der Waals surface area contributed by atoms with E-state index >= 15 is 0 Å². The predicted molar refractivity (Wildman–Crippen MR) is 67.7 cm³/mol. The number of nitrogens with one attached hydrogen (secondary N) is 3. The number of hydrogen-bond acceptors (Lipinski definition) is 4. The maximum Gasteiger partial charge on any atom is 0.243 e. The van der Waals surface area contributed by atoms with Crippen molar-refractivity contribution in [2.45, 2.75) is 17.9 Å². The molecule has 0 aromatic heterocycles. The first kappa shape index (κ1) is 13.9. The summed E-state index contributed by atoms with van der Waals surface area (Å²) in [6, 6.07) is 3.25. The van der Waals surface area contributed by atoms with Crippen LogP contribution in [0.3, 0.4) is 0 Å². The van der Waals surface area contributed by atoms with Gasteiger partial charge in [0.05, 0.1) is 0 Å². The molecule has 0 aliphatic carbocycles. The summed E-state index contributed by atoms with van der Waals surface area (Å²) in [6.07, 6.45) is 0. The lowest BCUT2D eigenvalue weighted by Crippen LogP contribution is -2.56. The Hall–Kier alpha value is -1.51. The second-order valence-corrected chi connectivity index (χ2v) is 5.99. The number of anilines is 1. The molecule has 0 radical (unpaired) electrons. The molecule has 1 aromatic rings. The Labute approximate surface area is 110 Å². The molecule has 1 amide bonds. The molecule has 1 heterocycles. The van der Waals surface area contributed by atoms with Crippen molar-refractivity contribution < 1.29 is 17.6 Å². The average molecular weight is 287 g/mol. The summed E-state index contributed by atoms with van der Waals surface area (Å²) >= 11 is 0. The van der Waals surface area contributed by atoms with Crippen LogP contribution < -0.4 is 15.4 Å². The maximum absolute atomic E-state index is 13.8. The molecule has 8 heteroatoms. The highest BCUT2D eigenvalue weighted by molar-refractivity contribution is 7.89. The molecular formula is C11H14FN3O3S. The normalized spacial score (nSPS) is 15.9. The molecule has 0 atom stereocenters. The summed E-state index contributed by atoms with van der Waals surface area (Å²) in [7, 11) is -3.87. The largest absolute Gasteiger partial charge is 0.326 e. The SMILES string of the molecule is CC(=O)Nc1ccc(S(=O)(=O)NC2CNC2)c(F)c1. The third-order valence-corrected chi connectivity index (χ3v) is 4.20. The standard InChI is InChI=1S/C11H14FN3O3S/c1-7(16)14-8-2-3-11(10(12)4-8)19(17,18)15-9-5-13-6-9/h2-4,9,13,15H,5-6H2,1H3,(H,14,16). The Balaban J connectivity index is 2.21. The molecule has 19 heavy (non-hydrogen) atoms. The zero-order chi connectivity index (χ0) is 14.0. The van der Waals surface area contributed by atoms with Crippen LogP contribution in [-0.2, 0) is 14.8 Å². The van der Waals surface area contributed by atoms with Gasteiger partial charge in [0.2, 0.25) is 15.9 Å². The highest BCUT2D eigenvalue weighted by atomic mass is 32.2. The van der Waals surface area contributed by atoms with E-state index in [1.807, 2.05) is 0 Å². The molecule has 0 bridgehead atoms. The molecule has 2 rings (SSSR count). The topological polar surface area (TPSA) is 87.3 Å². The molecule has 0 unspecified atom stereocenters. The van der Waals surface area contributed by atoms with E-state index in [0.717, 1.165) is 12.1 Å². The molecule has 1 aliphatic rings. The van der Waals surface area contributed by atoms with Crippen molar-refractivity contribution in [1.29, 1.82) is 0 Å². The highest BCUT2D eigenvalue weighted by Crippen LogP contribution is 2.19. The van der Waals surface area contributed by atoms with Crippen LogP contribution in [0, 0.1) is 5.82 Å². The number of carbonyl (C=O) groups excluding carboxylic acids is 1. The van der Waals surface area contributed by atoms with E-state index in [-0.39, 0.29) is 17.6 Å². The van der Waals surface area contributed by atoms with Crippen molar-refractivity contribution in [2.75, 3.05) is 18.4 Å². The van der Waals surface area contributed by atoms with E-state index in [2.05, 4.69) is 15.4 Å². The zero-order valence-electron chi connectivity index (χ0n) is 10.2. The van der Waals surface area contributed by atoms with Gasteiger partial charge in [-0.05, 0) is 18.2 Å². The first-order chi connectivity index (χ1) is 8.88. The van der Waals surface area contributed by atoms with Crippen LogP contribution in [0.4, 0.5) is 10.1 Å². The van der Waals surface area contributed by atoms with E-state index in [0.29, 0.717) is 13.1 Å². The van der Waals surface area contributed by atoms with Gasteiger partial charge in [0.1, 0.15) is 10.7 Å². The van der Waals surface area contributed by atoms with E-state index in [9.17, 15) is 17.6 Å². The third-order valence-electron chi connectivity index (χ3n) is 2.65. The second-order valence-electron chi connectivity index (χ2n) is 4.30. The van der Waals surface area contributed by atoms with E-state index in [1.54, 1.807) is 0 Å². The quantitative estimate of drug-likeness (QED) is 0.729. The number of rotatable bonds is 4. The summed E-state index contributed by atoms with van der Waals surface area (Å²) in [4.78, 5) is 10.4. The molecule has 1 aromatic carbocycles. The van der Waals surface area contributed by atoms with Gasteiger partial charge in [-0.1, -0.05) is 0 Å². The van der Waals surface area contributed by atoms with Gasteiger partial charge in [-0.2, -0.15) is 0 Å². The van der Waals surface area contributed by atoms with Crippen molar-refractivity contribution in [2.24, 2.45) is 0 Å². The van der Waals surface area contributed by atoms with Crippen LogP contribution >= 0.6 is 0 Å². The lowest BCUT2D eigenvalue weighted by atomic mass is 10.2. The average Bonchev–Trinajstić information content (AvgIpc) is 2.22. The van der Waals surface area contributed by atoms with E-state index in [4.69, 9.17) is 0 Å². The van der Waals surface area contributed by atoms with Crippen molar-refractivity contribution in [3.8, 4) is 0 Å². The number of hydrogen-bond donors (Lipinski definition) is 3. The lowest BCUT2D eigenvalue weighted by molar-refractivity contribution is -0.114. The molecule has 1 aliphatic heterocycles. The predicted octanol–water partition coefficient (Wildman–Crippen LogP) is 0.0342. The Morgan fingerprint density at radius 3 is 2.58 bits per heavy atom. The van der Waals surface area contributed by atoms with E-state index < -0.39 is 20.7 Å². The lowest BCUT2D eigenvalue weighted by Gasteiger charge is -2.27. The van der Waals surface area contributed by atoms with Crippen molar-refractivity contribution in [1.82, 2.24) is 10.0 Å². The third kappa shape index (κ3) is 3.28. The van der Waals surface area contributed by atoms with Crippen LogP contribution in [0.15, 0.2) is 23.1 Å². The van der Waals surface area contributed by atoms with Gasteiger partial charge < -0.3 is 10.6 Å². The highest BCUT2D eigenvalue weighted by Gasteiger charge is 2.26. The van der Waals surface area contributed by atoms with Crippen LogP contribution in [0.1, 0.15) is 6.92 Å². The zero-order valence-corrected chi connectivity index (χ0v) is 11.1. The minimum absolute atomic E-state index is 0.209. The van der Waals surface area contributed by atoms with Crippen LogP contribution in [-0.4, -0.2) is 33.5 Å². The summed E-state index contributed by atoms with van der Waals surface area (Å²) in [5.74, 6) is -1.25. The Kier molecular flexibility index (Phi) is 3.83. The van der Waals surface area contributed by atoms with Crippen LogP contribution in [0.5, 0.6) is 0 Å². The van der Waals surface area contributed by atoms with Gasteiger partial charge in [-0.3, -0.25) is 4.79 Å². The minimum atomic E-state index is -3.87. The Morgan fingerprint density at radius 2 is 2.11 bits per heavy atom. The number of amides is 1. The molecule has 6 nitrogen and oxygen atoms in total. The fraction of sp³-hybridized carbons (Fsp3) is 0.364. The fourth-order valence-corrected chi connectivity index (χ4v) is 2.95. The molecule has 0 saturated carbocycles.